The van der Waals surface area contributed by atoms with Crippen molar-refractivity contribution in [1.29, 1.82) is 0 Å². The Bertz CT molecular complexity index is 344. The Morgan fingerprint density at radius 3 is 2.10 bits per heavy atom. The Kier molecular flexibility index (Phi) is 7.86. The molecule has 0 bridgehead atoms. The Balaban J connectivity index is 3.03. The summed E-state index contributed by atoms with van der Waals surface area (Å²) < 4.78 is 0. The van der Waals surface area contributed by atoms with Crippen LogP contribution in [0.25, 0.3) is 0 Å². The molecule has 0 aromatic heterocycles. The van der Waals surface area contributed by atoms with E-state index < -0.39 is 0 Å². The van der Waals surface area contributed by atoms with Crippen molar-refractivity contribution in [3.05, 3.63) is 35.9 Å². The van der Waals surface area contributed by atoms with Crippen LogP contribution in [-0.4, -0.2) is 24.0 Å². The average molecular weight is 276 g/mol. The second kappa shape index (κ2) is 9.15. The first-order valence-electron chi connectivity index (χ1n) is 8.14. The van der Waals surface area contributed by atoms with Crippen molar-refractivity contribution in [2.75, 3.05) is 13.1 Å². The highest BCUT2D eigenvalue weighted by Gasteiger charge is 2.25. The highest BCUT2D eigenvalue weighted by Crippen LogP contribution is 2.29. The van der Waals surface area contributed by atoms with Gasteiger partial charge in [0.1, 0.15) is 0 Å². The van der Waals surface area contributed by atoms with Gasteiger partial charge in [0.05, 0.1) is 0 Å². The van der Waals surface area contributed by atoms with E-state index in [9.17, 15) is 0 Å². The van der Waals surface area contributed by atoms with E-state index >= 15 is 0 Å². The molecule has 0 aliphatic rings. The first-order valence-corrected chi connectivity index (χ1v) is 8.14. The highest BCUT2D eigenvalue weighted by atomic mass is 15.2. The minimum Gasteiger partial charge on any atom is -0.330 e. The Labute approximate surface area is 125 Å². The van der Waals surface area contributed by atoms with Gasteiger partial charge in [-0.15, -0.1) is 0 Å². The van der Waals surface area contributed by atoms with Crippen molar-refractivity contribution >= 4 is 0 Å². The van der Waals surface area contributed by atoms with Crippen LogP contribution >= 0.6 is 0 Å². The van der Waals surface area contributed by atoms with Crippen molar-refractivity contribution in [1.82, 2.24) is 4.90 Å². The van der Waals surface area contributed by atoms with Gasteiger partial charge in [0.25, 0.3) is 0 Å². The van der Waals surface area contributed by atoms with Crippen molar-refractivity contribution in [2.24, 2.45) is 11.7 Å². The maximum absolute atomic E-state index is 5.89. The summed E-state index contributed by atoms with van der Waals surface area (Å²) in [5.41, 5.74) is 7.30. The molecule has 20 heavy (non-hydrogen) atoms. The second-order valence-electron chi connectivity index (χ2n) is 6.06. The third-order valence-electron chi connectivity index (χ3n) is 4.01. The van der Waals surface area contributed by atoms with Gasteiger partial charge < -0.3 is 5.73 Å². The summed E-state index contributed by atoms with van der Waals surface area (Å²) in [6.45, 7) is 11.1. The fourth-order valence-corrected chi connectivity index (χ4v) is 3.07. The standard InChI is InChI=1S/C18H32N2/c1-5-17(6-2)20(14-15(3)4)18(12-13-19)16-10-8-7-9-11-16/h7-11,15,17-18H,5-6,12-14,19H2,1-4H3. The SMILES string of the molecule is CCC(CC)N(CC(C)C)C(CCN)c1ccccc1. The fraction of sp³-hybridized carbons (Fsp3) is 0.667. The van der Waals surface area contributed by atoms with Gasteiger partial charge in [-0.05, 0) is 37.3 Å². The van der Waals surface area contributed by atoms with Gasteiger partial charge in [0.2, 0.25) is 0 Å². The molecule has 0 saturated carbocycles. The van der Waals surface area contributed by atoms with Gasteiger partial charge in [0, 0.05) is 18.6 Å². The minimum atomic E-state index is 0.452. The molecule has 0 amide bonds. The zero-order valence-electron chi connectivity index (χ0n) is 13.7. The van der Waals surface area contributed by atoms with Crippen LogP contribution in [0.2, 0.25) is 0 Å². The Morgan fingerprint density at radius 1 is 1.05 bits per heavy atom. The predicted octanol–water partition coefficient (Wildman–Crippen LogP) is 4.22. The average Bonchev–Trinajstić information content (AvgIpc) is 2.45. The number of nitrogens with zero attached hydrogens (tertiary/aromatic N) is 1. The van der Waals surface area contributed by atoms with Crippen LogP contribution in [0, 0.1) is 5.92 Å². The summed E-state index contributed by atoms with van der Waals surface area (Å²) in [5, 5.41) is 0. The molecule has 1 aromatic rings. The summed E-state index contributed by atoms with van der Waals surface area (Å²) in [7, 11) is 0. The molecule has 1 atom stereocenters. The molecule has 0 fully saturated rings. The lowest BCUT2D eigenvalue weighted by molar-refractivity contribution is 0.104. The normalized spacial score (nSPS) is 13.4. The van der Waals surface area contributed by atoms with Crippen molar-refractivity contribution in [2.45, 2.75) is 59.0 Å². The lowest BCUT2D eigenvalue weighted by Crippen LogP contribution is -2.41. The first-order chi connectivity index (χ1) is 9.63. The first kappa shape index (κ1) is 17.2. The quantitative estimate of drug-likeness (QED) is 0.731. The largest absolute Gasteiger partial charge is 0.330 e. The third kappa shape index (κ3) is 4.92. The third-order valence-corrected chi connectivity index (χ3v) is 4.01. The van der Waals surface area contributed by atoms with E-state index in [2.05, 4.69) is 62.9 Å². The maximum atomic E-state index is 5.89. The summed E-state index contributed by atoms with van der Waals surface area (Å²) in [4.78, 5) is 2.69. The molecule has 0 heterocycles. The molecule has 0 saturated heterocycles. The summed E-state index contributed by atoms with van der Waals surface area (Å²) >= 11 is 0. The molecule has 0 aliphatic heterocycles. The van der Waals surface area contributed by atoms with Gasteiger partial charge in [-0.1, -0.05) is 58.0 Å². The van der Waals surface area contributed by atoms with Gasteiger partial charge >= 0.3 is 0 Å². The van der Waals surface area contributed by atoms with Crippen LogP contribution in [0.5, 0.6) is 0 Å². The van der Waals surface area contributed by atoms with Gasteiger partial charge in [-0.2, -0.15) is 0 Å². The molecule has 0 aliphatic carbocycles. The maximum Gasteiger partial charge on any atom is 0.0363 e. The lowest BCUT2D eigenvalue weighted by Gasteiger charge is -2.39. The van der Waals surface area contributed by atoms with Crippen LogP contribution in [-0.2, 0) is 0 Å². The Hall–Kier alpha value is -0.860. The summed E-state index contributed by atoms with van der Waals surface area (Å²) in [5.74, 6) is 0.680. The van der Waals surface area contributed by atoms with Crippen LogP contribution < -0.4 is 5.73 Å². The minimum absolute atomic E-state index is 0.452. The van der Waals surface area contributed by atoms with Gasteiger partial charge in [0.15, 0.2) is 0 Å². The number of hydrogen-bond acceptors (Lipinski definition) is 2. The van der Waals surface area contributed by atoms with E-state index in [1.165, 1.54) is 18.4 Å². The molecular formula is C18H32N2. The summed E-state index contributed by atoms with van der Waals surface area (Å²) in [6.07, 6.45) is 3.45. The predicted molar refractivity (Wildman–Crippen MR) is 88.8 cm³/mol. The number of rotatable bonds is 9. The highest BCUT2D eigenvalue weighted by molar-refractivity contribution is 5.19. The van der Waals surface area contributed by atoms with Crippen molar-refractivity contribution in [3.63, 3.8) is 0 Å². The zero-order valence-corrected chi connectivity index (χ0v) is 13.7. The van der Waals surface area contributed by atoms with Crippen LogP contribution in [0.1, 0.15) is 58.6 Å². The topological polar surface area (TPSA) is 29.3 Å². The smallest absolute Gasteiger partial charge is 0.0363 e. The zero-order chi connectivity index (χ0) is 15.0. The second-order valence-corrected chi connectivity index (χ2v) is 6.06. The monoisotopic (exact) mass is 276 g/mol. The molecule has 2 nitrogen and oxygen atoms in total. The number of nitrogens with two attached hydrogens (primary N) is 1. The molecule has 114 valence electrons. The van der Waals surface area contributed by atoms with E-state index in [1.54, 1.807) is 0 Å². The van der Waals surface area contributed by atoms with Gasteiger partial charge in [-0.3, -0.25) is 4.90 Å². The van der Waals surface area contributed by atoms with Crippen LogP contribution in [0.3, 0.4) is 0 Å². The fourth-order valence-electron chi connectivity index (χ4n) is 3.07. The van der Waals surface area contributed by atoms with E-state index in [1.807, 2.05) is 0 Å². The van der Waals surface area contributed by atoms with Crippen molar-refractivity contribution < 1.29 is 0 Å². The molecule has 0 radical (unpaired) electrons. The molecule has 1 aromatic carbocycles. The molecule has 2 heteroatoms. The van der Waals surface area contributed by atoms with Gasteiger partial charge in [-0.25, -0.2) is 0 Å². The van der Waals surface area contributed by atoms with E-state index in [4.69, 9.17) is 5.73 Å². The number of benzene rings is 1. The van der Waals surface area contributed by atoms with Crippen LogP contribution in [0.4, 0.5) is 0 Å². The Morgan fingerprint density at radius 2 is 1.65 bits per heavy atom. The molecule has 0 spiro atoms. The molecule has 2 N–H and O–H groups in total. The van der Waals surface area contributed by atoms with Crippen molar-refractivity contribution in [3.8, 4) is 0 Å². The molecule has 1 rings (SSSR count). The van der Waals surface area contributed by atoms with E-state index in [0.29, 0.717) is 18.0 Å². The number of hydrogen-bond donors (Lipinski definition) is 1. The van der Waals surface area contributed by atoms with Crippen LogP contribution in [0.15, 0.2) is 30.3 Å². The lowest BCUT2D eigenvalue weighted by atomic mass is 9.96. The van der Waals surface area contributed by atoms with E-state index in [-0.39, 0.29) is 0 Å². The molecule has 1 unspecified atom stereocenters. The summed E-state index contributed by atoms with van der Waals surface area (Å²) in [6, 6.07) is 12.0. The molecular weight excluding hydrogens is 244 g/mol. The van der Waals surface area contributed by atoms with E-state index in [0.717, 1.165) is 19.5 Å².